The van der Waals surface area contributed by atoms with Gasteiger partial charge < -0.3 is 9.80 Å². The lowest BCUT2D eigenvalue weighted by Gasteiger charge is -2.34. The second-order valence-corrected chi connectivity index (χ2v) is 4.10. The topological polar surface area (TPSA) is 40.6 Å². The van der Waals surface area contributed by atoms with Gasteiger partial charge in [0.15, 0.2) is 0 Å². The molecule has 0 unspecified atom stereocenters. The second-order valence-electron chi connectivity index (χ2n) is 3.45. The molecule has 1 heterocycles. The molecule has 14 heavy (non-hydrogen) atoms. The van der Waals surface area contributed by atoms with E-state index in [2.05, 4.69) is 0 Å². The number of hydrogen-bond donors (Lipinski definition) is 0. The number of amides is 2. The first-order chi connectivity index (χ1) is 6.52. The molecule has 1 saturated heterocycles. The van der Waals surface area contributed by atoms with Gasteiger partial charge in [-0.2, -0.15) is 0 Å². The maximum Gasteiger partial charge on any atom is 0.240 e. The minimum atomic E-state index is -0.473. The van der Waals surface area contributed by atoms with Crippen molar-refractivity contribution in [1.82, 2.24) is 9.80 Å². The van der Waals surface area contributed by atoms with E-state index in [9.17, 15) is 9.59 Å². The normalized spacial score (nSPS) is 19.4. The van der Waals surface area contributed by atoms with Gasteiger partial charge in [-0.1, -0.05) is 0 Å². The van der Waals surface area contributed by atoms with Crippen LogP contribution in [-0.4, -0.2) is 53.2 Å². The van der Waals surface area contributed by atoms with Crippen molar-refractivity contribution in [2.24, 2.45) is 0 Å². The van der Waals surface area contributed by atoms with Crippen molar-refractivity contribution in [3.05, 3.63) is 0 Å². The Bertz CT molecular complexity index is 235. The van der Waals surface area contributed by atoms with E-state index in [1.54, 1.807) is 23.6 Å². The van der Waals surface area contributed by atoms with Crippen LogP contribution < -0.4 is 0 Å². The first-order valence-electron chi connectivity index (χ1n) is 4.70. The number of rotatable bonds is 1. The Balaban J connectivity index is 2.43. The fourth-order valence-corrected chi connectivity index (χ4v) is 1.63. The van der Waals surface area contributed by atoms with Crippen LogP contribution >= 0.6 is 11.6 Å². The summed E-state index contributed by atoms with van der Waals surface area (Å²) >= 11 is 5.69. The zero-order valence-electron chi connectivity index (χ0n) is 8.49. The number of carbonyl (C=O) groups excluding carboxylic acids is 2. The summed E-state index contributed by atoms with van der Waals surface area (Å²) in [6.07, 6.45) is 0. The monoisotopic (exact) mass is 218 g/mol. The fourth-order valence-electron chi connectivity index (χ4n) is 1.49. The van der Waals surface area contributed by atoms with Gasteiger partial charge >= 0.3 is 0 Å². The number of alkyl halides is 1. The van der Waals surface area contributed by atoms with E-state index in [0.717, 1.165) is 0 Å². The molecule has 1 aliphatic rings. The molecule has 1 aliphatic heterocycles. The lowest BCUT2D eigenvalue weighted by Crippen LogP contribution is -2.51. The summed E-state index contributed by atoms with van der Waals surface area (Å²) in [7, 11) is 0. The average molecular weight is 219 g/mol. The molecule has 0 aromatic rings. The van der Waals surface area contributed by atoms with E-state index < -0.39 is 5.38 Å². The molecule has 1 fully saturated rings. The van der Waals surface area contributed by atoms with Gasteiger partial charge in [0.05, 0.1) is 0 Å². The summed E-state index contributed by atoms with van der Waals surface area (Å²) in [5.41, 5.74) is 0. The van der Waals surface area contributed by atoms with Crippen LogP contribution in [0.25, 0.3) is 0 Å². The predicted molar refractivity (Wildman–Crippen MR) is 54.1 cm³/mol. The van der Waals surface area contributed by atoms with Crippen LogP contribution in [0.4, 0.5) is 0 Å². The Morgan fingerprint density at radius 2 is 1.57 bits per heavy atom. The molecule has 0 aliphatic carbocycles. The van der Waals surface area contributed by atoms with Crippen LogP contribution in [0, 0.1) is 0 Å². The molecule has 5 heteroatoms. The van der Waals surface area contributed by atoms with E-state index >= 15 is 0 Å². The van der Waals surface area contributed by atoms with Gasteiger partial charge in [-0.15, -0.1) is 11.6 Å². The van der Waals surface area contributed by atoms with Crippen LogP contribution in [0.3, 0.4) is 0 Å². The molecule has 0 bridgehead atoms. The van der Waals surface area contributed by atoms with Crippen LogP contribution in [0.2, 0.25) is 0 Å². The van der Waals surface area contributed by atoms with Crippen molar-refractivity contribution in [3.8, 4) is 0 Å². The highest BCUT2D eigenvalue weighted by Gasteiger charge is 2.24. The standard InChI is InChI=1S/C9H15ClN2O2/c1-7(10)9(14)12-5-3-11(4-6-12)8(2)13/h7H,3-6H2,1-2H3/t7-/m0/s1. The van der Waals surface area contributed by atoms with Crippen LogP contribution in [0.15, 0.2) is 0 Å². The third-order valence-corrected chi connectivity index (χ3v) is 2.56. The highest BCUT2D eigenvalue weighted by Crippen LogP contribution is 2.06. The lowest BCUT2D eigenvalue weighted by molar-refractivity contribution is -0.137. The molecule has 0 N–H and O–H groups in total. The van der Waals surface area contributed by atoms with E-state index in [1.165, 1.54) is 0 Å². The molecular weight excluding hydrogens is 204 g/mol. The van der Waals surface area contributed by atoms with Crippen molar-refractivity contribution < 1.29 is 9.59 Å². The zero-order chi connectivity index (χ0) is 10.7. The minimum absolute atomic E-state index is 0.0464. The summed E-state index contributed by atoms with van der Waals surface area (Å²) in [6.45, 7) is 5.63. The predicted octanol–water partition coefficient (Wildman–Crippen LogP) is 0.304. The number of carbonyl (C=O) groups is 2. The zero-order valence-corrected chi connectivity index (χ0v) is 9.25. The quantitative estimate of drug-likeness (QED) is 0.595. The second kappa shape index (κ2) is 4.64. The van der Waals surface area contributed by atoms with E-state index in [0.29, 0.717) is 26.2 Å². The maximum atomic E-state index is 11.5. The van der Waals surface area contributed by atoms with Crippen molar-refractivity contribution in [2.45, 2.75) is 19.2 Å². The largest absolute Gasteiger partial charge is 0.339 e. The highest BCUT2D eigenvalue weighted by atomic mass is 35.5. The van der Waals surface area contributed by atoms with Gasteiger partial charge in [0, 0.05) is 33.1 Å². The molecule has 4 nitrogen and oxygen atoms in total. The Labute approximate surface area is 88.8 Å². The van der Waals surface area contributed by atoms with Crippen LogP contribution in [0.1, 0.15) is 13.8 Å². The Hall–Kier alpha value is -0.770. The number of nitrogens with zero attached hydrogens (tertiary/aromatic N) is 2. The summed E-state index contributed by atoms with van der Waals surface area (Å²) < 4.78 is 0. The number of piperazine rings is 1. The van der Waals surface area contributed by atoms with Crippen LogP contribution in [-0.2, 0) is 9.59 Å². The summed E-state index contributed by atoms with van der Waals surface area (Å²) in [6, 6.07) is 0. The highest BCUT2D eigenvalue weighted by molar-refractivity contribution is 6.30. The fraction of sp³-hybridized carbons (Fsp3) is 0.778. The van der Waals surface area contributed by atoms with Gasteiger partial charge in [-0.05, 0) is 6.92 Å². The molecular formula is C9H15ClN2O2. The van der Waals surface area contributed by atoms with E-state index in [1.807, 2.05) is 0 Å². The van der Waals surface area contributed by atoms with Gasteiger partial charge in [0.1, 0.15) is 5.38 Å². The summed E-state index contributed by atoms with van der Waals surface area (Å²) in [5.74, 6) is 0.0193. The van der Waals surface area contributed by atoms with Gasteiger partial charge in [-0.25, -0.2) is 0 Å². The summed E-state index contributed by atoms with van der Waals surface area (Å²) in [5, 5.41) is -0.473. The summed E-state index contributed by atoms with van der Waals surface area (Å²) in [4.78, 5) is 25.9. The van der Waals surface area contributed by atoms with Gasteiger partial charge in [0.25, 0.3) is 0 Å². The average Bonchev–Trinajstić information content (AvgIpc) is 2.16. The maximum absolute atomic E-state index is 11.5. The molecule has 2 amide bonds. The van der Waals surface area contributed by atoms with Crippen molar-refractivity contribution in [3.63, 3.8) is 0 Å². The number of halogens is 1. The third-order valence-electron chi connectivity index (χ3n) is 2.38. The minimum Gasteiger partial charge on any atom is -0.339 e. The van der Waals surface area contributed by atoms with Gasteiger partial charge in [-0.3, -0.25) is 9.59 Å². The molecule has 0 spiro atoms. The smallest absolute Gasteiger partial charge is 0.240 e. The lowest BCUT2D eigenvalue weighted by atomic mass is 10.3. The molecule has 1 atom stereocenters. The van der Waals surface area contributed by atoms with Crippen molar-refractivity contribution in [1.29, 1.82) is 0 Å². The third kappa shape index (κ3) is 2.61. The molecule has 0 aromatic heterocycles. The molecule has 1 rings (SSSR count). The van der Waals surface area contributed by atoms with Crippen molar-refractivity contribution in [2.75, 3.05) is 26.2 Å². The molecule has 0 radical (unpaired) electrons. The molecule has 0 saturated carbocycles. The molecule has 0 aromatic carbocycles. The van der Waals surface area contributed by atoms with E-state index in [4.69, 9.17) is 11.6 Å². The number of hydrogen-bond acceptors (Lipinski definition) is 2. The van der Waals surface area contributed by atoms with Crippen LogP contribution in [0.5, 0.6) is 0 Å². The SMILES string of the molecule is CC(=O)N1CCN(C(=O)[C@H](C)Cl)CC1. The first kappa shape index (κ1) is 11.3. The van der Waals surface area contributed by atoms with E-state index in [-0.39, 0.29) is 11.8 Å². The Kier molecular flexibility index (Phi) is 3.75. The molecule has 80 valence electrons. The Morgan fingerprint density at radius 3 is 1.93 bits per heavy atom. The Morgan fingerprint density at radius 1 is 1.14 bits per heavy atom. The van der Waals surface area contributed by atoms with Crippen molar-refractivity contribution >= 4 is 23.4 Å². The van der Waals surface area contributed by atoms with Gasteiger partial charge in [0.2, 0.25) is 11.8 Å². The first-order valence-corrected chi connectivity index (χ1v) is 5.14.